The van der Waals surface area contributed by atoms with Crippen molar-refractivity contribution in [3.8, 4) is 22.6 Å². The minimum Gasteiger partial charge on any atom is -0.337 e. The maximum Gasteiger partial charge on any atom is 0.227 e. The van der Waals surface area contributed by atoms with E-state index in [1.54, 1.807) is 18.3 Å². The lowest BCUT2D eigenvalue weighted by atomic mass is 10.0. The summed E-state index contributed by atoms with van der Waals surface area (Å²) in [5.74, 6) is 0.457. The highest BCUT2D eigenvalue weighted by Crippen LogP contribution is 2.33. The third kappa shape index (κ3) is 5.01. The van der Waals surface area contributed by atoms with Gasteiger partial charge in [0.25, 0.3) is 0 Å². The minimum atomic E-state index is -0.279. The van der Waals surface area contributed by atoms with Gasteiger partial charge in [-0.25, -0.2) is 9.37 Å². The van der Waals surface area contributed by atoms with E-state index in [9.17, 15) is 9.18 Å². The first-order valence-electron chi connectivity index (χ1n) is 12.9. The number of nitrogens with zero attached hydrogens (tertiary/aromatic N) is 3. The monoisotopic (exact) mass is 518 g/mol. The van der Waals surface area contributed by atoms with Gasteiger partial charge in [0.05, 0.1) is 22.2 Å². The molecule has 2 aromatic heterocycles. The van der Waals surface area contributed by atoms with Crippen molar-refractivity contribution in [2.75, 3.05) is 6.54 Å². The molecule has 39 heavy (non-hydrogen) atoms. The number of allylic oxidation sites excluding steroid dienone is 3. The molecule has 1 aliphatic carbocycles. The summed E-state index contributed by atoms with van der Waals surface area (Å²) >= 11 is 0. The maximum atomic E-state index is 13.5. The average molecular weight is 519 g/mol. The van der Waals surface area contributed by atoms with Crippen LogP contribution in [-0.4, -0.2) is 38.8 Å². The molecule has 3 aromatic carbocycles. The Morgan fingerprint density at radius 2 is 1.97 bits per heavy atom. The predicted molar refractivity (Wildman–Crippen MR) is 154 cm³/mol. The number of imidazole rings is 1. The number of carbonyl (C=O) groups excluding carboxylic acids is 1. The van der Waals surface area contributed by atoms with Crippen LogP contribution in [0.1, 0.15) is 25.3 Å². The molecule has 194 valence electrons. The Balaban J connectivity index is 1.36. The van der Waals surface area contributed by atoms with Crippen molar-refractivity contribution in [2.24, 2.45) is 10.9 Å². The number of halogens is 1. The second kappa shape index (κ2) is 10.1. The van der Waals surface area contributed by atoms with E-state index in [0.29, 0.717) is 23.8 Å². The summed E-state index contributed by atoms with van der Waals surface area (Å²) in [4.78, 5) is 24.9. The van der Waals surface area contributed by atoms with Crippen molar-refractivity contribution in [1.29, 1.82) is 0 Å². The SMILES string of the molecule is C=C(/C=C(\C=NCC)NC(=O)C1CC1)c1ccc2[nH]nc(-c3nc4c(-c5ccc(F)cc5)cccc4[nH]3)c2c1. The van der Waals surface area contributed by atoms with Crippen LogP contribution in [0.25, 0.3) is 50.2 Å². The highest BCUT2D eigenvalue weighted by molar-refractivity contribution is 5.99. The van der Waals surface area contributed by atoms with E-state index in [1.165, 1.54) is 12.1 Å². The molecule has 1 fully saturated rings. The molecule has 1 saturated carbocycles. The molecule has 0 unspecified atom stereocenters. The highest BCUT2D eigenvalue weighted by atomic mass is 19.1. The van der Waals surface area contributed by atoms with Gasteiger partial charge in [-0.2, -0.15) is 5.10 Å². The lowest BCUT2D eigenvalue weighted by Gasteiger charge is -2.07. The van der Waals surface area contributed by atoms with Gasteiger partial charge < -0.3 is 10.3 Å². The summed E-state index contributed by atoms with van der Waals surface area (Å²) in [6.45, 7) is 6.81. The summed E-state index contributed by atoms with van der Waals surface area (Å²) in [7, 11) is 0. The van der Waals surface area contributed by atoms with Crippen LogP contribution >= 0.6 is 0 Å². The number of rotatable bonds is 8. The highest BCUT2D eigenvalue weighted by Gasteiger charge is 2.29. The van der Waals surface area contributed by atoms with E-state index >= 15 is 0 Å². The Hall–Kier alpha value is -4.85. The topological polar surface area (TPSA) is 98.8 Å². The quantitative estimate of drug-likeness (QED) is 0.163. The Labute approximate surface area is 224 Å². The number of hydrogen-bond donors (Lipinski definition) is 3. The van der Waals surface area contributed by atoms with Crippen molar-refractivity contribution in [2.45, 2.75) is 19.8 Å². The largest absolute Gasteiger partial charge is 0.337 e. The van der Waals surface area contributed by atoms with Crippen LogP contribution in [-0.2, 0) is 4.79 Å². The Morgan fingerprint density at radius 3 is 2.74 bits per heavy atom. The van der Waals surface area contributed by atoms with E-state index in [2.05, 4.69) is 32.1 Å². The van der Waals surface area contributed by atoms with Crippen LogP contribution < -0.4 is 5.32 Å². The molecule has 8 heteroatoms. The first kappa shape index (κ1) is 24.5. The zero-order chi connectivity index (χ0) is 26.9. The van der Waals surface area contributed by atoms with Gasteiger partial charge in [-0.1, -0.05) is 36.9 Å². The number of nitrogens with one attached hydrogen (secondary N) is 3. The molecule has 7 nitrogen and oxygen atoms in total. The molecule has 0 spiro atoms. The van der Waals surface area contributed by atoms with Gasteiger partial charge in [0.2, 0.25) is 5.91 Å². The average Bonchev–Trinajstić information content (AvgIpc) is 3.58. The molecular weight excluding hydrogens is 491 g/mol. The summed E-state index contributed by atoms with van der Waals surface area (Å²) in [6, 6.07) is 18.2. The predicted octanol–water partition coefficient (Wildman–Crippen LogP) is 6.43. The number of H-pyrrole nitrogens is 2. The lowest BCUT2D eigenvalue weighted by Crippen LogP contribution is -2.25. The van der Waals surface area contributed by atoms with E-state index in [1.807, 2.05) is 49.4 Å². The van der Waals surface area contributed by atoms with Gasteiger partial charge in [0, 0.05) is 29.6 Å². The van der Waals surface area contributed by atoms with Crippen LogP contribution in [0.4, 0.5) is 4.39 Å². The fourth-order valence-corrected chi connectivity index (χ4v) is 4.56. The molecular formula is C31H27FN6O. The van der Waals surface area contributed by atoms with Crippen molar-refractivity contribution >= 4 is 39.6 Å². The van der Waals surface area contributed by atoms with Crippen molar-refractivity contribution in [1.82, 2.24) is 25.5 Å². The van der Waals surface area contributed by atoms with E-state index < -0.39 is 0 Å². The van der Waals surface area contributed by atoms with Crippen LogP contribution in [0.15, 0.2) is 84.0 Å². The van der Waals surface area contributed by atoms with Gasteiger partial charge >= 0.3 is 0 Å². The molecule has 0 atom stereocenters. The molecule has 0 saturated heterocycles. The van der Waals surface area contributed by atoms with Gasteiger partial charge in [-0.15, -0.1) is 0 Å². The van der Waals surface area contributed by atoms with Gasteiger partial charge in [-0.3, -0.25) is 14.9 Å². The number of hydrogen-bond acceptors (Lipinski definition) is 4. The number of carbonyl (C=O) groups is 1. The number of aromatic nitrogens is 4. The first-order chi connectivity index (χ1) is 19.0. The standard InChI is InChI=1S/C31H27FN6O/c1-3-33-17-23(34-31(39)20-7-8-20)15-18(2)21-11-14-26-25(16-21)29(38-37-26)30-35-27-6-4-5-24(28(27)36-30)19-9-12-22(32)13-10-19/h4-6,9-17,20H,2-3,7-8H2,1H3,(H,34,39)(H,35,36)(H,37,38)/b23-15+,33-17?. The smallest absolute Gasteiger partial charge is 0.227 e. The van der Waals surface area contributed by atoms with Gasteiger partial charge in [0.15, 0.2) is 5.82 Å². The van der Waals surface area contributed by atoms with Crippen molar-refractivity contribution in [3.05, 3.63) is 90.4 Å². The zero-order valence-electron chi connectivity index (χ0n) is 21.5. The number of benzene rings is 3. The Bertz CT molecular complexity index is 1770. The van der Waals surface area contributed by atoms with Crippen LogP contribution in [0.2, 0.25) is 0 Å². The lowest BCUT2D eigenvalue weighted by molar-refractivity contribution is -0.121. The Kier molecular flexibility index (Phi) is 6.36. The number of fused-ring (bicyclic) bond motifs is 2. The van der Waals surface area contributed by atoms with Crippen LogP contribution in [0.5, 0.6) is 0 Å². The number of amides is 1. The van der Waals surface area contributed by atoms with E-state index in [4.69, 9.17) is 4.98 Å². The summed E-state index contributed by atoms with van der Waals surface area (Å²) in [5.41, 5.74) is 7.22. The summed E-state index contributed by atoms with van der Waals surface area (Å²) in [6.07, 6.45) is 5.38. The van der Waals surface area contributed by atoms with Crippen molar-refractivity contribution < 1.29 is 9.18 Å². The third-order valence-electron chi connectivity index (χ3n) is 6.78. The fraction of sp³-hybridized carbons (Fsp3) is 0.161. The van der Waals surface area contributed by atoms with Gasteiger partial charge in [-0.05, 0) is 72.9 Å². The number of aliphatic imine (C=N–C) groups is 1. The summed E-state index contributed by atoms with van der Waals surface area (Å²) in [5, 5.41) is 11.5. The number of para-hydroxylation sites is 1. The molecule has 0 radical (unpaired) electrons. The zero-order valence-corrected chi connectivity index (χ0v) is 21.5. The van der Waals surface area contributed by atoms with Crippen LogP contribution in [0, 0.1) is 11.7 Å². The summed E-state index contributed by atoms with van der Waals surface area (Å²) < 4.78 is 13.5. The molecule has 0 bridgehead atoms. The molecule has 0 aliphatic heterocycles. The third-order valence-corrected chi connectivity index (χ3v) is 6.78. The van der Waals surface area contributed by atoms with Crippen LogP contribution in [0.3, 0.4) is 0 Å². The van der Waals surface area contributed by atoms with E-state index in [-0.39, 0.29) is 17.6 Å². The minimum absolute atomic E-state index is 0.0223. The normalized spacial score (nSPS) is 13.9. The molecule has 2 heterocycles. The molecule has 5 aromatic rings. The Morgan fingerprint density at radius 1 is 1.15 bits per heavy atom. The first-order valence-corrected chi connectivity index (χ1v) is 12.9. The maximum absolute atomic E-state index is 13.5. The molecule has 1 amide bonds. The second-order valence-corrected chi connectivity index (χ2v) is 9.64. The molecule has 3 N–H and O–H groups in total. The molecule has 1 aliphatic rings. The van der Waals surface area contributed by atoms with Crippen molar-refractivity contribution in [3.63, 3.8) is 0 Å². The number of aromatic amines is 2. The fourth-order valence-electron chi connectivity index (χ4n) is 4.56. The van der Waals surface area contributed by atoms with Gasteiger partial charge in [0.1, 0.15) is 11.5 Å². The molecule has 6 rings (SSSR count). The van der Waals surface area contributed by atoms with E-state index in [0.717, 1.165) is 57.0 Å². The second-order valence-electron chi connectivity index (χ2n) is 9.64.